The lowest BCUT2D eigenvalue weighted by Gasteiger charge is -2.25. The second-order valence-corrected chi connectivity index (χ2v) is 6.61. The number of hydrogen-bond acceptors (Lipinski definition) is 5. The summed E-state index contributed by atoms with van der Waals surface area (Å²) in [6.07, 6.45) is 2.59. The van der Waals surface area contributed by atoms with Crippen LogP contribution in [0.25, 0.3) is 0 Å². The van der Waals surface area contributed by atoms with Crippen molar-refractivity contribution in [2.75, 3.05) is 26.8 Å². The van der Waals surface area contributed by atoms with Gasteiger partial charge in [-0.2, -0.15) is 9.40 Å². The number of hydrogen-bond donors (Lipinski definition) is 2. The second kappa shape index (κ2) is 6.04. The van der Waals surface area contributed by atoms with Crippen LogP contribution < -0.4 is 5.73 Å². The van der Waals surface area contributed by atoms with E-state index >= 15 is 0 Å². The van der Waals surface area contributed by atoms with Crippen LogP contribution in [-0.2, 0) is 21.3 Å². The molecule has 2 heterocycles. The molecule has 20 heavy (non-hydrogen) atoms. The summed E-state index contributed by atoms with van der Waals surface area (Å²) in [5, 5.41) is 6.64. The average Bonchev–Trinajstić information content (AvgIpc) is 2.81. The maximum absolute atomic E-state index is 12.7. The van der Waals surface area contributed by atoms with Crippen molar-refractivity contribution in [1.29, 1.82) is 0 Å². The number of methoxy groups -OCH3 is 1. The van der Waals surface area contributed by atoms with Crippen molar-refractivity contribution in [2.24, 2.45) is 5.73 Å². The molecule has 1 aromatic rings. The summed E-state index contributed by atoms with van der Waals surface area (Å²) >= 11 is 0. The van der Waals surface area contributed by atoms with Crippen LogP contribution in [0.3, 0.4) is 0 Å². The van der Waals surface area contributed by atoms with Crippen molar-refractivity contribution in [3.63, 3.8) is 0 Å². The third kappa shape index (κ3) is 2.78. The van der Waals surface area contributed by atoms with Gasteiger partial charge in [0, 0.05) is 26.7 Å². The van der Waals surface area contributed by atoms with Crippen molar-refractivity contribution in [2.45, 2.75) is 24.8 Å². The normalized spacial score (nSPS) is 17.2. The number of aryl methyl sites for hydroxylation is 1. The Morgan fingerprint density at radius 3 is 2.85 bits per heavy atom. The van der Waals surface area contributed by atoms with Crippen LogP contribution in [0.4, 0.5) is 0 Å². The summed E-state index contributed by atoms with van der Waals surface area (Å²) in [5.41, 5.74) is 7.59. The second-order valence-electron chi connectivity index (χ2n) is 4.74. The van der Waals surface area contributed by atoms with Crippen LogP contribution in [0.5, 0.6) is 0 Å². The molecule has 1 aliphatic heterocycles. The fourth-order valence-electron chi connectivity index (χ4n) is 2.31. The maximum atomic E-state index is 12.7. The van der Waals surface area contributed by atoms with Crippen LogP contribution in [0.1, 0.15) is 17.8 Å². The molecule has 0 spiro atoms. The van der Waals surface area contributed by atoms with Crippen LogP contribution in [0.2, 0.25) is 0 Å². The average molecular weight is 300 g/mol. The Labute approximate surface area is 118 Å². The molecule has 0 saturated carbocycles. The van der Waals surface area contributed by atoms with E-state index in [2.05, 4.69) is 10.2 Å². The van der Waals surface area contributed by atoms with Crippen molar-refractivity contribution < 1.29 is 13.2 Å². The molecule has 3 N–H and O–H groups in total. The quantitative estimate of drug-likeness (QED) is 0.753. The highest BCUT2D eigenvalue weighted by Gasteiger charge is 2.31. The van der Waals surface area contributed by atoms with Gasteiger partial charge >= 0.3 is 0 Å². The molecule has 0 fully saturated rings. The minimum atomic E-state index is -3.56. The van der Waals surface area contributed by atoms with Gasteiger partial charge in [-0.05, 0) is 18.9 Å². The van der Waals surface area contributed by atoms with E-state index in [0.29, 0.717) is 37.5 Å². The SMILES string of the molecule is COCC1=CCN(S(=O)(=O)c2c(CN)n[nH]c2C)CC1. The fraction of sp³-hybridized carbons (Fsp3) is 0.583. The van der Waals surface area contributed by atoms with E-state index in [1.807, 2.05) is 6.08 Å². The zero-order valence-corrected chi connectivity index (χ0v) is 12.5. The lowest BCUT2D eigenvalue weighted by Crippen LogP contribution is -2.36. The highest BCUT2D eigenvalue weighted by molar-refractivity contribution is 7.89. The predicted octanol–water partition coefficient (Wildman–Crippen LogP) is 0.144. The lowest BCUT2D eigenvalue weighted by atomic mass is 10.1. The van der Waals surface area contributed by atoms with Gasteiger partial charge in [0.2, 0.25) is 10.0 Å². The molecule has 112 valence electrons. The van der Waals surface area contributed by atoms with Crippen LogP contribution >= 0.6 is 0 Å². The van der Waals surface area contributed by atoms with Gasteiger partial charge in [0.05, 0.1) is 18.0 Å². The molecule has 0 aromatic carbocycles. The first-order valence-corrected chi connectivity index (χ1v) is 7.85. The molecule has 0 radical (unpaired) electrons. The van der Waals surface area contributed by atoms with E-state index in [-0.39, 0.29) is 11.4 Å². The molecule has 8 heteroatoms. The number of nitrogens with two attached hydrogens (primary N) is 1. The molecular weight excluding hydrogens is 280 g/mol. The number of ether oxygens (including phenoxy) is 1. The number of aromatic amines is 1. The van der Waals surface area contributed by atoms with Crippen molar-refractivity contribution in [1.82, 2.24) is 14.5 Å². The zero-order chi connectivity index (χ0) is 14.8. The summed E-state index contributed by atoms with van der Waals surface area (Å²) in [6.45, 7) is 3.14. The zero-order valence-electron chi connectivity index (χ0n) is 11.7. The number of nitrogens with one attached hydrogen (secondary N) is 1. The number of nitrogens with zero attached hydrogens (tertiary/aromatic N) is 2. The summed E-state index contributed by atoms with van der Waals surface area (Å²) in [5.74, 6) is 0. The number of sulfonamides is 1. The van der Waals surface area contributed by atoms with Crippen LogP contribution in [-0.4, -0.2) is 49.7 Å². The first-order valence-electron chi connectivity index (χ1n) is 6.41. The molecule has 0 atom stereocenters. The summed E-state index contributed by atoms with van der Waals surface area (Å²) in [4.78, 5) is 0.212. The topological polar surface area (TPSA) is 101 Å². The molecule has 0 unspecified atom stereocenters. The Hall–Kier alpha value is -1.22. The monoisotopic (exact) mass is 300 g/mol. The Morgan fingerprint density at radius 2 is 2.30 bits per heavy atom. The highest BCUT2D eigenvalue weighted by atomic mass is 32.2. The number of aromatic nitrogens is 2. The van der Waals surface area contributed by atoms with Crippen molar-refractivity contribution in [3.05, 3.63) is 23.0 Å². The minimum Gasteiger partial charge on any atom is -0.380 e. The van der Waals surface area contributed by atoms with Crippen molar-refractivity contribution >= 4 is 10.0 Å². The first-order chi connectivity index (χ1) is 9.50. The van der Waals surface area contributed by atoms with E-state index in [1.165, 1.54) is 4.31 Å². The largest absolute Gasteiger partial charge is 0.380 e. The molecule has 7 nitrogen and oxygen atoms in total. The van der Waals surface area contributed by atoms with E-state index in [1.54, 1.807) is 14.0 Å². The summed E-state index contributed by atoms with van der Waals surface area (Å²) in [7, 11) is -1.93. The van der Waals surface area contributed by atoms with E-state index in [4.69, 9.17) is 10.5 Å². The third-order valence-corrected chi connectivity index (χ3v) is 5.42. The molecule has 1 aliphatic rings. The van der Waals surface area contributed by atoms with Gasteiger partial charge < -0.3 is 10.5 Å². The molecule has 0 aliphatic carbocycles. The molecule has 0 amide bonds. The van der Waals surface area contributed by atoms with Gasteiger partial charge in [-0.1, -0.05) is 6.08 Å². The van der Waals surface area contributed by atoms with Gasteiger partial charge in [-0.3, -0.25) is 5.10 Å². The predicted molar refractivity (Wildman–Crippen MR) is 74.6 cm³/mol. The molecule has 1 aromatic heterocycles. The Morgan fingerprint density at radius 1 is 1.55 bits per heavy atom. The highest BCUT2D eigenvalue weighted by Crippen LogP contribution is 2.24. The van der Waals surface area contributed by atoms with E-state index in [9.17, 15) is 8.42 Å². The molecule has 2 rings (SSSR count). The van der Waals surface area contributed by atoms with E-state index < -0.39 is 10.0 Å². The first kappa shape index (κ1) is 15.2. The van der Waals surface area contributed by atoms with Crippen molar-refractivity contribution in [3.8, 4) is 0 Å². The van der Waals surface area contributed by atoms with Crippen LogP contribution in [0.15, 0.2) is 16.5 Å². The minimum absolute atomic E-state index is 0.0947. The fourth-order valence-corrected chi connectivity index (χ4v) is 4.03. The Balaban J connectivity index is 2.26. The molecular formula is C12H20N4O3S. The van der Waals surface area contributed by atoms with Gasteiger partial charge in [-0.15, -0.1) is 0 Å². The third-order valence-electron chi connectivity index (χ3n) is 3.35. The Kier molecular flexibility index (Phi) is 4.59. The molecule has 0 bridgehead atoms. The maximum Gasteiger partial charge on any atom is 0.247 e. The summed E-state index contributed by atoms with van der Waals surface area (Å²) < 4.78 is 31.8. The number of rotatable bonds is 5. The van der Waals surface area contributed by atoms with Gasteiger partial charge in [0.25, 0.3) is 0 Å². The molecule has 0 saturated heterocycles. The lowest BCUT2D eigenvalue weighted by molar-refractivity contribution is 0.219. The Bertz CT molecular complexity index is 606. The summed E-state index contributed by atoms with van der Waals surface area (Å²) in [6, 6.07) is 0. The van der Waals surface area contributed by atoms with Crippen LogP contribution in [0, 0.1) is 6.92 Å². The van der Waals surface area contributed by atoms with Gasteiger partial charge in [-0.25, -0.2) is 8.42 Å². The smallest absolute Gasteiger partial charge is 0.247 e. The van der Waals surface area contributed by atoms with Gasteiger partial charge in [0.1, 0.15) is 4.90 Å². The van der Waals surface area contributed by atoms with E-state index in [0.717, 1.165) is 5.57 Å². The van der Waals surface area contributed by atoms with Gasteiger partial charge in [0.15, 0.2) is 0 Å². The standard InChI is InChI=1S/C12H20N4O3S/c1-9-12(11(7-13)15-14-9)20(17,18)16-5-3-10(4-6-16)8-19-2/h3H,4-8,13H2,1-2H3,(H,14,15). The number of H-pyrrole nitrogens is 1.